The molecule has 8 nitrogen and oxygen atoms in total. The minimum atomic E-state index is -1.01. The SMILES string of the molecule is C=C/C(=C\C)C(=O)N1CCC(CN2CC[C@@H](n3ccc4c(N5CCC(=O)NC5=O)cccc43)[C@@H](F)C2)CC1. The molecule has 3 fully saturated rings. The number of carbonyl (C=O) groups excluding carboxylic acids is 3. The normalized spacial score (nSPS) is 24.1. The Morgan fingerprint density at radius 3 is 2.61 bits per heavy atom. The van der Waals surface area contributed by atoms with E-state index in [-0.39, 0.29) is 24.3 Å². The van der Waals surface area contributed by atoms with Crippen LogP contribution in [0.2, 0.25) is 0 Å². The standard InChI is InChI=1S/C29H36FN5O3/c1-3-21(4-2)28(37)33-14-8-20(9-15-33)18-32-13-11-26(23(30)19-32)34-16-10-22-24(34)6-5-7-25(22)35-17-12-27(36)31-29(35)38/h3-7,10,16,20,23,26H,1,8-9,11-15,17-19H2,2H3,(H,31,36,38)/b21-4+/t23-,26+/m0/s1. The summed E-state index contributed by atoms with van der Waals surface area (Å²) in [5, 5.41) is 3.26. The van der Waals surface area contributed by atoms with Crippen LogP contribution < -0.4 is 10.2 Å². The van der Waals surface area contributed by atoms with Crippen LogP contribution in [0.25, 0.3) is 10.9 Å². The molecule has 0 spiro atoms. The van der Waals surface area contributed by atoms with Gasteiger partial charge in [0.25, 0.3) is 5.91 Å². The first-order chi connectivity index (χ1) is 18.4. The number of hydrogen-bond acceptors (Lipinski definition) is 4. The number of likely N-dealkylation sites (tertiary alicyclic amines) is 2. The van der Waals surface area contributed by atoms with E-state index in [1.54, 1.807) is 17.1 Å². The summed E-state index contributed by atoms with van der Waals surface area (Å²) in [5.41, 5.74) is 2.27. The van der Waals surface area contributed by atoms with Gasteiger partial charge in [-0.15, -0.1) is 0 Å². The zero-order valence-electron chi connectivity index (χ0n) is 21.9. The number of allylic oxidation sites excluding steroid dienone is 1. The van der Waals surface area contributed by atoms with E-state index in [4.69, 9.17) is 0 Å². The fraction of sp³-hybridized carbons (Fsp3) is 0.483. The van der Waals surface area contributed by atoms with Crippen molar-refractivity contribution in [2.45, 2.75) is 44.8 Å². The third kappa shape index (κ3) is 5.12. The van der Waals surface area contributed by atoms with Gasteiger partial charge in [0.1, 0.15) is 6.17 Å². The molecular formula is C29H36FN5O3. The first-order valence-corrected chi connectivity index (χ1v) is 13.5. The van der Waals surface area contributed by atoms with Crippen LogP contribution in [-0.4, -0.2) is 77.7 Å². The summed E-state index contributed by atoms with van der Waals surface area (Å²) in [7, 11) is 0. The lowest BCUT2D eigenvalue weighted by atomic mass is 9.94. The Morgan fingerprint density at radius 1 is 1.13 bits per heavy atom. The summed E-state index contributed by atoms with van der Waals surface area (Å²) in [6.45, 7) is 9.43. The first kappa shape index (κ1) is 26.2. The van der Waals surface area contributed by atoms with Crippen LogP contribution >= 0.6 is 0 Å². The van der Waals surface area contributed by atoms with Crippen molar-refractivity contribution in [2.75, 3.05) is 44.2 Å². The predicted octanol–water partition coefficient (Wildman–Crippen LogP) is 4.04. The molecule has 2 aromatic rings. The van der Waals surface area contributed by atoms with E-state index in [0.29, 0.717) is 31.0 Å². The van der Waals surface area contributed by atoms with Crippen LogP contribution in [0.4, 0.5) is 14.9 Å². The maximum atomic E-state index is 15.6. The van der Waals surface area contributed by atoms with Gasteiger partial charge in [-0.3, -0.25) is 19.8 Å². The largest absolute Gasteiger partial charge is 0.341 e. The highest BCUT2D eigenvalue weighted by Gasteiger charge is 2.34. The zero-order chi connectivity index (χ0) is 26.8. The molecule has 2 atom stereocenters. The molecule has 4 heterocycles. The lowest BCUT2D eigenvalue weighted by molar-refractivity contribution is -0.128. The molecule has 0 bridgehead atoms. The molecule has 0 radical (unpaired) electrons. The van der Waals surface area contributed by atoms with Gasteiger partial charge >= 0.3 is 6.03 Å². The Kier molecular flexibility index (Phi) is 7.65. The lowest BCUT2D eigenvalue weighted by Crippen LogP contribution is -2.49. The summed E-state index contributed by atoms with van der Waals surface area (Å²) in [5.74, 6) is 0.234. The highest BCUT2D eigenvalue weighted by Crippen LogP contribution is 2.35. The van der Waals surface area contributed by atoms with Gasteiger partial charge in [-0.05, 0) is 50.3 Å². The van der Waals surface area contributed by atoms with Crippen molar-refractivity contribution in [3.63, 3.8) is 0 Å². The number of halogens is 1. The molecule has 1 aromatic heterocycles. The van der Waals surface area contributed by atoms with Crippen LogP contribution in [-0.2, 0) is 9.59 Å². The monoisotopic (exact) mass is 521 g/mol. The third-order valence-corrected chi connectivity index (χ3v) is 8.23. The Balaban J connectivity index is 1.20. The van der Waals surface area contributed by atoms with Crippen molar-refractivity contribution in [2.24, 2.45) is 5.92 Å². The predicted molar refractivity (Wildman–Crippen MR) is 146 cm³/mol. The van der Waals surface area contributed by atoms with Gasteiger partial charge in [-0.2, -0.15) is 0 Å². The summed E-state index contributed by atoms with van der Waals surface area (Å²) < 4.78 is 17.6. The average molecular weight is 522 g/mol. The smallest absolute Gasteiger partial charge is 0.328 e. The molecule has 0 aliphatic carbocycles. The van der Waals surface area contributed by atoms with E-state index in [0.717, 1.165) is 55.6 Å². The van der Waals surface area contributed by atoms with Crippen molar-refractivity contribution in [3.05, 3.63) is 54.8 Å². The number of rotatable bonds is 6. The summed E-state index contributed by atoms with van der Waals surface area (Å²) in [6, 6.07) is 6.96. The average Bonchev–Trinajstić information content (AvgIpc) is 3.34. The number of nitrogens with one attached hydrogen (secondary N) is 1. The molecule has 3 aliphatic rings. The number of imide groups is 1. The number of alkyl halides is 1. The van der Waals surface area contributed by atoms with Gasteiger partial charge in [0.05, 0.1) is 17.2 Å². The van der Waals surface area contributed by atoms with Crippen LogP contribution in [0, 0.1) is 5.92 Å². The maximum Gasteiger partial charge on any atom is 0.328 e. The topological polar surface area (TPSA) is 77.9 Å². The zero-order valence-corrected chi connectivity index (χ0v) is 21.9. The number of fused-ring (bicyclic) bond motifs is 1. The highest BCUT2D eigenvalue weighted by atomic mass is 19.1. The number of nitrogens with zero attached hydrogens (tertiary/aromatic N) is 4. The number of amides is 4. The van der Waals surface area contributed by atoms with Gasteiger partial charge in [0, 0.05) is 62.8 Å². The van der Waals surface area contributed by atoms with Crippen LogP contribution in [0.3, 0.4) is 0 Å². The molecule has 202 valence electrons. The van der Waals surface area contributed by atoms with Crippen molar-refractivity contribution >= 4 is 34.4 Å². The Bertz CT molecular complexity index is 1260. The number of piperidine rings is 2. The second-order valence-electron chi connectivity index (χ2n) is 10.5. The van der Waals surface area contributed by atoms with Gasteiger partial charge in [0.15, 0.2) is 0 Å². The Labute approximate surface area is 222 Å². The van der Waals surface area contributed by atoms with Gasteiger partial charge in [-0.25, -0.2) is 9.18 Å². The van der Waals surface area contributed by atoms with Crippen molar-refractivity contribution in [1.82, 2.24) is 19.7 Å². The van der Waals surface area contributed by atoms with Gasteiger partial charge in [0.2, 0.25) is 5.91 Å². The third-order valence-electron chi connectivity index (χ3n) is 8.23. The first-order valence-electron chi connectivity index (χ1n) is 13.5. The summed E-state index contributed by atoms with van der Waals surface area (Å²) in [4.78, 5) is 42.3. The van der Waals surface area contributed by atoms with E-state index in [1.165, 1.54) is 0 Å². The molecular weight excluding hydrogens is 485 g/mol. The molecule has 1 N–H and O–H groups in total. The molecule has 9 heteroatoms. The second kappa shape index (κ2) is 11.1. The van der Waals surface area contributed by atoms with Gasteiger partial charge < -0.3 is 14.4 Å². The molecule has 0 unspecified atom stereocenters. The molecule has 4 amide bonds. The number of urea groups is 1. The fourth-order valence-corrected chi connectivity index (χ4v) is 6.12. The van der Waals surface area contributed by atoms with Crippen molar-refractivity contribution in [1.29, 1.82) is 0 Å². The lowest BCUT2D eigenvalue weighted by Gasteiger charge is -2.39. The van der Waals surface area contributed by atoms with Gasteiger partial charge in [-0.1, -0.05) is 24.8 Å². The Morgan fingerprint density at radius 2 is 1.92 bits per heavy atom. The fourth-order valence-electron chi connectivity index (χ4n) is 6.12. The highest BCUT2D eigenvalue weighted by molar-refractivity contribution is 6.09. The van der Waals surface area contributed by atoms with Crippen molar-refractivity contribution < 1.29 is 18.8 Å². The second-order valence-corrected chi connectivity index (χ2v) is 10.5. The number of benzene rings is 1. The molecule has 3 aliphatic heterocycles. The number of aromatic nitrogens is 1. The maximum absolute atomic E-state index is 15.6. The van der Waals surface area contributed by atoms with E-state index < -0.39 is 12.2 Å². The molecule has 1 aromatic carbocycles. The van der Waals surface area contributed by atoms with Crippen LogP contribution in [0.15, 0.2) is 54.8 Å². The van der Waals surface area contributed by atoms with Crippen molar-refractivity contribution in [3.8, 4) is 0 Å². The minimum Gasteiger partial charge on any atom is -0.341 e. The van der Waals surface area contributed by atoms with E-state index in [2.05, 4.69) is 16.8 Å². The minimum absolute atomic E-state index is 0.0436. The molecule has 38 heavy (non-hydrogen) atoms. The number of carbonyl (C=O) groups is 3. The number of hydrogen-bond donors (Lipinski definition) is 1. The molecule has 0 saturated carbocycles. The Hall–Kier alpha value is -3.46. The van der Waals surface area contributed by atoms with E-state index >= 15 is 4.39 Å². The summed E-state index contributed by atoms with van der Waals surface area (Å²) >= 11 is 0. The van der Waals surface area contributed by atoms with E-state index in [1.807, 2.05) is 46.9 Å². The van der Waals surface area contributed by atoms with Crippen LogP contribution in [0.5, 0.6) is 0 Å². The molecule has 5 rings (SSSR count). The number of anilines is 1. The van der Waals surface area contributed by atoms with Crippen LogP contribution in [0.1, 0.15) is 38.6 Å². The summed E-state index contributed by atoms with van der Waals surface area (Å²) in [6.07, 6.45) is 7.14. The molecule has 3 saturated heterocycles. The quantitative estimate of drug-likeness (QED) is 0.460. The van der Waals surface area contributed by atoms with E-state index in [9.17, 15) is 14.4 Å².